The molecule has 1 saturated heterocycles. The number of benzene rings is 1. The van der Waals surface area contributed by atoms with E-state index >= 15 is 0 Å². The van der Waals surface area contributed by atoms with Gasteiger partial charge in [-0.2, -0.15) is 8.42 Å². The molecular weight excluding hydrogens is 476 g/mol. The van der Waals surface area contributed by atoms with E-state index < -0.39 is 10.1 Å². The third kappa shape index (κ3) is 13.3. The van der Waals surface area contributed by atoms with Crippen molar-refractivity contribution in [1.29, 1.82) is 0 Å². The Hall–Kier alpha value is -2.13. The predicted molar refractivity (Wildman–Crippen MR) is 147 cm³/mol. The smallest absolute Gasteiger partial charge is 0.261 e. The van der Waals surface area contributed by atoms with Crippen LogP contribution in [-0.4, -0.2) is 68.5 Å². The molecule has 2 heterocycles. The van der Waals surface area contributed by atoms with Gasteiger partial charge in [0.05, 0.1) is 6.26 Å². The van der Waals surface area contributed by atoms with Crippen molar-refractivity contribution < 1.29 is 22.4 Å². The van der Waals surface area contributed by atoms with Crippen LogP contribution in [-0.2, 0) is 16.7 Å². The zero-order valence-corrected chi connectivity index (χ0v) is 23.4. The van der Waals surface area contributed by atoms with E-state index in [0.717, 1.165) is 57.2 Å². The zero-order chi connectivity index (χ0) is 26.6. The van der Waals surface area contributed by atoms with E-state index in [2.05, 4.69) is 67.9 Å². The number of allylic oxidation sites excluding steroid dienone is 5. The van der Waals surface area contributed by atoms with Gasteiger partial charge in [0.15, 0.2) is 11.5 Å². The van der Waals surface area contributed by atoms with E-state index in [4.69, 9.17) is 14.0 Å². The van der Waals surface area contributed by atoms with Gasteiger partial charge in [-0.1, -0.05) is 41.0 Å². The first kappa shape index (κ1) is 30.1. The second kappa shape index (κ2) is 15.2. The summed E-state index contributed by atoms with van der Waals surface area (Å²) in [5.41, 5.74) is 5.75. The molecule has 8 heteroatoms. The molecule has 36 heavy (non-hydrogen) atoms. The SMILES string of the molecule is CC(C)=CCC/C(C)=C/CC/C(C)=C/CN1CCN(Cc2ccc3c(c2)OCO3)CC1.CS(=O)(=O)O. The van der Waals surface area contributed by atoms with E-state index in [1.807, 2.05) is 6.07 Å². The average Bonchev–Trinajstić information content (AvgIpc) is 3.25. The van der Waals surface area contributed by atoms with Crippen LogP contribution < -0.4 is 9.47 Å². The van der Waals surface area contributed by atoms with E-state index in [9.17, 15) is 8.42 Å². The van der Waals surface area contributed by atoms with Gasteiger partial charge in [0.1, 0.15) is 0 Å². The Morgan fingerprint density at radius 2 is 1.44 bits per heavy atom. The number of ether oxygens (including phenoxy) is 2. The van der Waals surface area contributed by atoms with Crippen molar-refractivity contribution in [3.63, 3.8) is 0 Å². The lowest BCUT2D eigenvalue weighted by atomic mass is 10.1. The van der Waals surface area contributed by atoms with Gasteiger partial charge < -0.3 is 9.47 Å². The Labute approximate surface area is 218 Å². The molecule has 0 unspecified atom stereocenters. The van der Waals surface area contributed by atoms with Crippen molar-refractivity contribution >= 4 is 10.1 Å². The number of hydrogen-bond acceptors (Lipinski definition) is 6. The Balaban J connectivity index is 0.000000830. The van der Waals surface area contributed by atoms with Crippen molar-refractivity contribution in [2.24, 2.45) is 0 Å². The van der Waals surface area contributed by atoms with Gasteiger partial charge in [0.25, 0.3) is 10.1 Å². The first-order valence-electron chi connectivity index (χ1n) is 12.7. The maximum Gasteiger partial charge on any atom is 0.261 e. The summed E-state index contributed by atoms with van der Waals surface area (Å²) in [5, 5.41) is 0. The molecule has 0 bridgehead atoms. The molecule has 1 aromatic rings. The molecule has 2 aliphatic rings. The van der Waals surface area contributed by atoms with Gasteiger partial charge in [-0.05, 0) is 71.1 Å². The number of piperazine rings is 1. The molecule has 0 aromatic heterocycles. The standard InChI is InChI=1S/C27H40N2O2.CH4O3S/c1-22(2)7-5-8-23(3)9-6-10-24(4)13-14-28-15-17-29(18-16-28)20-25-11-12-26-27(19-25)31-21-30-26;1-5(2,3)4/h7,9,11-13,19H,5-6,8,10,14-18,20-21H2,1-4H3;1H3,(H,2,3,4)/b23-9+,24-13+;. The number of fused-ring (bicyclic) bond motifs is 1. The highest BCUT2D eigenvalue weighted by Crippen LogP contribution is 2.32. The van der Waals surface area contributed by atoms with E-state index in [1.165, 1.54) is 41.5 Å². The van der Waals surface area contributed by atoms with Crippen molar-refractivity contribution in [3.05, 3.63) is 58.7 Å². The van der Waals surface area contributed by atoms with Crippen LogP contribution >= 0.6 is 0 Å². The van der Waals surface area contributed by atoms with E-state index in [-0.39, 0.29) is 0 Å². The lowest BCUT2D eigenvalue weighted by Crippen LogP contribution is -2.45. The fraction of sp³-hybridized carbons (Fsp3) is 0.571. The highest BCUT2D eigenvalue weighted by molar-refractivity contribution is 7.85. The van der Waals surface area contributed by atoms with Crippen molar-refractivity contribution in [3.8, 4) is 11.5 Å². The molecular formula is C28H44N2O5S. The van der Waals surface area contributed by atoms with Crippen LogP contribution in [0.3, 0.4) is 0 Å². The van der Waals surface area contributed by atoms with Crippen molar-refractivity contribution in [2.75, 3.05) is 45.8 Å². The quantitative estimate of drug-likeness (QED) is 0.324. The summed E-state index contributed by atoms with van der Waals surface area (Å²) in [6.07, 6.45) is 12.6. The molecule has 0 saturated carbocycles. The lowest BCUT2D eigenvalue weighted by molar-refractivity contribution is 0.136. The Morgan fingerprint density at radius 1 is 0.889 bits per heavy atom. The zero-order valence-electron chi connectivity index (χ0n) is 22.6. The summed E-state index contributed by atoms with van der Waals surface area (Å²) in [6.45, 7) is 15.8. The van der Waals surface area contributed by atoms with Crippen molar-refractivity contribution in [2.45, 2.75) is 59.9 Å². The van der Waals surface area contributed by atoms with Crippen LogP contribution in [0.2, 0.25) is 0 Å². The van der Waals surface area contributed by atoms with Crippen LogP contribution in [0, 0.1) is 0 Å². The van der Waals surface area contributed by atoms with Crippen molar-refractivity contribution in [1.82, 2.24) is 9.80 Å². The van der Waals surface area contributed by atoms with Crippen LogP contribution in [0.15, 0.2) is 53.1 Å². The van der Waals surface area contributed by atoms with Gasteiger partial charge in [0, 0.05) is 39.3 Å². The summed E-state index contributed by atoms with van der Waals surface area (Å²) in [6, 6.07) is 6.31. The molecule has 0 amide bonds. The fourth-order valence-corrected chi connectivity index (χ4v) is 4.05. The Kier molecular flexibility index (Phi) is 12.7. The highest BCUT2D eigenvalue weighted by Gasteiger charge is 2.18. The first-order chi connectivity index (χ1) is 17.0. The summed E-state index contributed by atoms with van der Waals surface area (Å²) in [4.78, 5) is 5.10. The first-order valence-corrected chi connectivity index (χ1v) is 14.5. The molecule has 7 nitrogen and oxygen atoms in total. The molecule has 0 aliphatic carbocycles. The van der Waals surface area contributed by atoms with Gasteiger partial charge >= 0.3 is 0 Å². The van der Waals surface area contributed by atoms with Crippen LogP contribution in [0.25, 0.3) is 0 Å². The molecule has 202 valence electrons. The molecule has 0 atom stereocenters. The summed E-state index contributed by atoms with van der Waals surface area (Å²) >= 11 is 0. The van der Waals surface area contributed by atoms with Gasteiger partial charge in [0.2, 0.25) is 6.79 Å². The minimum absolute atomic E-state index is 0.344. The van der Waals surface area contributed by atoms with Crippen LogP contribution in [0.4, 0.5) is 0 Å². The second-order valence-corrected chi connectivity index (χ2v) is 11.4. The lowest BCUT2D eigenvalue weighted by Gasteiger charge is -2.34. The maximum absolute atomic E-state index is 9.19. The Morgan fingerprint density at radius 3 is 2.08 bits per heavy atom. The number of hydrogen-bond donors (Lipinski definition) is 1. The highest BCUT2D eigenvalue weighted by atomic mass is 32.2. The summed E-state index contributed by atoms with van der Waals surface area (Å²) in [5.74, 6) is 1.75. The van der Waals surface area contributed by atoms with Crippen LogP contribution in [0.5, 0.6) is 11.5 Å². The molecule has 0 radical (unpaired) electrons. The largest absolute Gasteiger partial charge is 0.454 e. The third-order valence-corrected chi connectivity index (χ3v) is 6.13. The maximum atomic E-state index is 9.19. The molecule has 3 rings (SSSR count). The monoisotopic (exact) mass is 520 g/mol. The number of rotatable bonds is 10. The van der Waals surface area contributed by atoms with E-state index in [0.29, 0.717) is 13.0 Å². The van der Waals surface area contributed by atoms with Gasteiger partial charge in [-0.3, -0.25) is 14.4 Å². The Bertz CT molecular complexity index is 1010. The van der Waals surface area contributed by atoms with Gasteiger partial charge in [-0.25, -0.2) is 0 Å². The second-order valence-electron chi connectivity index (χ2n) is 9.96. The van der Waals surface area contributed by atoms with Crippen LogP contribution in [0.1, 0.15) is 58.9 Å². The predicted octanol–water partition coefficient (Wildman–Crippen LogP) is 5.46. The number of nitrogens with zero attached hydrogens (tertiary/aromatic N) is 2. The summed E-state index contributed by atoms with van der Waals surface area (Å²) in [7, 11) is -3.67. The topological polar surface area (TPSA) is 79.3 Å². The average molecular weight is 521 g/mol. The molecule has 1 N–H and O–H groups in total. The molecule has 1 aromatic carbocycles. The molecule has 2 aliphatic heterocycles. The molecule has 0 spiro atoms. The summed E-state index contributed by atoms with van der Waals surface area (Å²) < 4.78 is 36.8. The normalized spacial score (nSPS) is 16.9. The minimum atomic E-state index is -3.67. The molecule has 1 fully saturated rings. The van der Waals surface area contributed by atoms with E-state index in [1.54, 1.807) is 0 Å². The fourth-order valence-electron chi connectivity index (χ4n) is 4.05. The van der Waals surface area contributed by atoms with Gasteiger partial charge in [-0.15, -0.1) is 0 Å². The third-order valence-electron chi connectivity index (χ3n) is 6.13. The minimum Gasteiger partial charge on any atom is -0.454 e.